The molecule has 0 radical (unpaired) electrons. The van der Waals surface area contributed by atoms with E-state index in [-0.39, 0.29) is 18.3 Å². The Morgan fingerprint density at radius 3 is 2.90 bits per heavy atom. The molecule has 0 atom stereocenters. The highest BCUT2D eigenvalue weighted by Gasteiger charge is 2.11. The number of aromatic nitrogens is 1. The lowest BCUT2D eigenvalue weighted by Crippen LogP contribution is -2.23. The van der Waals surface area contributed by atoms with Gasteiger partial charge in [0.15, 0.2) is 0 Å². The van der Waals surface area contributed by atoms with Gasteiger partial charge in [-0.2, -0.15) is 0 Å². The number of hydrogen-bond donors (Lipinski definition) is 2. The number of rotatable bonds is 6. The zero-order valence-electron chi connectivity index (χ0n) is 11.7. The summed E-state index contributed by atoms with van der Waals surface area (Å²) < 4.78 is 5.24. The molecule has 1 aromatic heterocycles. The van der Waals surface area contributed by atoms with Crippen LogP contribution in [0.3, 0.4) is 0 Å². The molecule has 0 aliphatic carbocycles. The molecule has 1 amide bonds. The van der Waals surface area contributed by atoms with Gasteiger partial charge in [0, 0.05) is 23.9 Å². The van der Waals surface area contributed by atoms with Crippen LogP contribution in [0.5, 0.6) is 5.75 Å². The van der Waals surface area contributed by atoms with Crippen LogP contribution >= 0.6 is 23.7 Å². The summed E-state index contributed by atoms with van der Waals surface area (Å²) >= 11 is 1.46. The number of nitrogens with one attached hydrogen (secondary N) is 1. The fraction of sp³-hybridized carbons (Fsp3) is 0.286. The Morgan fingerprint density at radius 2 is 2.19 bits per heavy atom. The Hall–Kier alpha value is -1.63. The fourth-order valence-electron chi connectivity index (χ4n) is 1.77. The second-order valence-electron chi connectivity index (χ2n) is 4.16. The zero-order valence-corrected chi connectivity index (χ0v) is 13.3. The van der Waals surface area contributed by atoms with Crippen molar-refractivity contribution in [2.45, 2.75) is 13.0 Å². The van der Waals surface area contributed by atoms with Gasteiger partial charge in [-0.1, -0.05) is 18.2 Å². The molecule has 7 heteroatoms. The Kier molecular flexibility index (Phi) is 7.14. The van der Waals surface area contributed by atoms with E-state index in [2.05, 4.69) is 10.3 Å². The summed E-state index contributed by atoms with van der Waals surface area (Å²) in [6.45, 7) is 0.947. The molecule has 0 aliphatic heterocycles. The molecule has 0 saturated carbocycles. The topological polar surface area (TPSA) is 77.2 Å². The first kappa shape index (κ1) is 17.4. The number of ether oxygens (including phenoxy) is 1. The summed E-state index contributed by atoms with van der Waals surface area (Å²) in [6.07, 6.45) is 0.699. The molecule has 1 heterocycles. The fourth-order valence-corrected chi connectivity index (χ4v) is 2.56. The van der Waals surface area contributed by atoms with Crippen molar-refractivity contribution in [2.24, 2.45) is 5.73 Å². The maximum atomic E-state index is 12.0. The number of para-hydroxylation sites is 1. The molecular formula is C14H18ClN3O2S. The van der Waals surface area contributed by atoms with Crippen LogP contribution in [0.1, 0.15) is 21.1 Å². The van der Waals surface area contributed by atoms with Crippen molar-refractivity contribution in [3.8, 4) is 5.75 Å². The minimum atomic E-state index is -0.185. The summed E-state index contributed by atoms with van der Waals surface area (Å²) in [5.74, 6) is 0.574. The SMILES string of the molecule is COc1ccccc1CNC(=O)c1csc(CCN)n1.Cl. The lowest BCUT2D eigenvalue weighted by atomic mass is 10.2. The molecule has 2 rings (SSSR count). The van der Waals surface area contributed by atoms with E-state index in [9.17, 15) is 4.79 Å². The largest absolute Gasteiger partial charge is 0.496 e. The lowest BCUT2D eigenvalue weighted by Gasteiger charge is -2.08. The summed E-state index contributed by atoms with van der Waals surface area (Å²) in [4.78, 5) is 16.2. The molecule has 114 valence electrons. The van der Waals surface area contributed by atoms with E-state index < -0.39 is 0 Å². The van der Waals surface area contributed by atoms with Gasteiger partial charge < -0.3 is 15.8 Å². The Morgan fingerprint density at radius 1 is 1.43 bits per heavy atom. The molecule has 0 aliphatic rings. The lowest BCUT2D eigenvalue weighted by molar-refractivity contribution is 0.0946. The standard InChI is InChI=1S/C14H17N3O2S.ClH/c1-19-12-5-3-2-4-10(12)8-16-14(18)11-9-20-13(17-11)6-7-15;/h2-5,9H,6-8,15H2,1H3,(H,16,18);1H. The number of nitrogens with two attached hydrogens (primary N) is 1. The van der Waals surface area contributed by atoms with Crippen molar-refractivity contribution in [2.75, 3.05) is 13.7 Å². The van der Waals surface area contributed by atoms with Gasteiger partial charge in [-0.3, -0.25) is 4.79 Å². The third kappa shape index (κ3) is 4.70. The molecular weight excluding hydrogens is 310 g/mol. The third-order valence-electron chi connectivity index (χ3n) is 2.77. The summed E-state index contributed by atoms with van der Waals surface area (Å²) in [5, 5.41) is 5.48. The van der Waals surface area contributed by atoms with E-state index in [4.69, 9.17) is 10.5 Å². The third-order valence-corrected chi connectivity index (χ3v) is 3.68. The van der Waals surface area contributed by atoms with Crippen LogP contribution in [-0.4, -0.2) is 24.5 Å². The van der Waals surface area contributed by atoms with E-state index in [1.807, 2.05) is 24.3 Å². The van der Waals surface area contributed by atoms with Gasteiger partial charge in [0.1, 0.15) is 11.4 Å². The van der Waals surface area contributed by atoms with Crippen LogP contribution in [0.4, 0.5) is 0 Å². The Labute approximate surface area is 133 Å². The first-order chi connectivity index (χ1) is 9.74. The van der Waals surface area contributed by atoms with Gasteiger partial charge in [-0.25, -0.2) is 4.98 Å². The van der Waals surface area contributed by atoms with Crippen molar-refractivity contribution in [3.05, 3.63) is 45.9 Å². The number of carbonyl (C=O) groups excluding carboxylic acids is 1. The first-order valence-corrected chi connectivity index (χ1v) is 7.17. The monoisotopic (exact) mass is 327 g/mol. The van der Waals surface area contributed by atoms with Crippen LogP contribution < -0.4 is 15.8 Å². The van der Waals surface area contributed by atoms with E-state index in [1.165, 1.54) is 11.3 Å². The molecule has 0 fully saturated rings. The zero-order chi connectivity index (χ0) is 14.4. The minimum absolute atomic E-state index is 0. The van der Waals surface area contributed by atoms with E-state index >= 15 is 0 Å². The van der Waals surface area contributed by atoms with Crippen molar-refractivity contribution in [3.63, 3.8) is 0 Å². The van der Waals surface area contributed by atoms with Gasteiger partial charge in [0.2, 0.25) is 0 Å². The first-order valence-electron chi connectivity index (χ1n) is 6.29. The number of halogens is 1. The molecule has 1 aromatic carbocycles. The molecule has 2 aromatic rings. The highest BCUT2D eigenvalue weighted by atomic mass is 35.5. The Balaban J connectivity index is 0.00000220. The van der Waals surface area contributed by atoms with Crippen molar-refractivity contribution >= 4 is 29.7 Å². The number of hydrogen-bond acceptors (Lipinski definition) is 5. The van der Waals surface area contributed by atoms with Gasteiger partial charge in [-0.05, 0) is 12.6 Å². The van der Waals surface area contributed by atoms with Crippen LogP contribution in [0.15, 0.2) is 29.6 Å². The van der Waals surface area contributed by atoms with E-state index in [1.54, 1.807) is 12.5 Å². The van der Waals surface area contributed by atoms with Gasteiger partial charge >= 0.3 is 0 Å². The van der Waals surface area contributed by atoms with Crippen LogP contribution in [0, 0.1) is 0 Å². The maximum absolute atomic E-state index is 12.0. The molecule has 21 heavy (non-hydrogen) atoms. The highest BCUT2D eigenvalue weighted by molar-refractivity contribution is 7.09. The number of methoxy groups -OCH3 is 1. The van der Waals surface area contributed by atoms with Crippen molar-refractivity contribution in [1.82, 2.24) is 10.3 Å². The van der Waals surface area contributed by atoms with Crippen LogP contribution in [0.25, 0.3) is 0 Å². The average molecular weight is 328 g/mol. The summed E-state index contributed by atoms with van der Waals surface area (Å²) in [6, 6.07) is 7.58. The van der Waals surface area contributed by atoms with Gasteiger partial charge in [0.25, 0.3) is 5.91 Å². The van der Waals surface area contributed by atoms with Crippen molar-refractivity contribution in [1.29, 1.82) is 0 Å². The molecule has 0 saturated heterocycles. The second-order valence-corrected chi connectivity index (χ2v) is 5.10. The quantitative estimate of drug-likeness (QED) is 0.850. The van der Waals surface area contributed by atoms with E-state index in [0.717, 1.165) is 16.3 Å². The summed E-state index contributed by atoms with van der Waals surface area (Å²) in [7, 11) is 1.61. The van der Waals surface area contributed by atoms with Crippen LogP contribution in [-0.2, 0) is 13.0 Å². The smallest absolute Gasteiger partial charge is 0.271 e. The maximum Gasteiger partial charge on any atom is 0.271 e. The van der Waals surface area contributed by atoms with Gasteiger partial charge in [-0.15, -0.1) is 23.7 Å². The Bertz CT molecular complexity index is 589. The number of benzene rings is 1. The van der Waals surface area contributed by atoms with E-state index in [0.29, 0.717) is 25.2 Å². The molecule has 0 bridgehead atoms. The summed E-state index contributed by atoms with van der Waals surface area (Å²) in [5.41, 5.74) is 6.83. The second kappa shape index (κ2) is 8.61. The number of amides is 1. The molecule has 5 nitrogen and oxygen atoms in total. The highest BCUT2D eigenvalue weighted by Crippen LogP contribution is 2.17. The average Bonchev–Trinajstić information content (AvgIpc) is 2.94. The number of carbonyl (C=O) groups is 1. The van der Waals surface area contributed by atoms with Gasteiger partial charge in [0.05, 0.1) is 12.1 Å². The predicted octanol–water partition coefficient (Wildman–Crippen LogP) is 2.00. The number of nitrogens with zero attached hydrogens (tertiary/aromatic N) is 1. The van der Waals surface area contributed by atoms with Crippen LogP contribution in [0.2, 0.25) is 0 Å². The van der Waals surface area contributed by atoms with Crippen molar-refractivity contribution < 1.29 is 9.53 Å². The molecule has 0 unspecified atom stereocenters. The molecule has 3 N–H and O–H groups in total. The normalized spacial score (nSPS) is 9.81. The molecule has 0 spiro atoms. The number of thiazole rings is 1. The predicted molar refractivity (Wildman–Crippen MR) is 86.3 cm³/mol. The minimum Gasteiger partial charge on any atom is -0.496 e.